The molecule has 9 heteroatoms. The van der Waals surface area contributed by atoms with Crippen LogP contribution in [0.1, 0.15) is 16.9 Å². The first-order valence-electron chi connectivity index (χ1n) is 12.5. The van der Waals surface area contributed by atoms with Crippen molar-refractivity contribution in [2.75, 3.05) is 33.0 Å². The van der Waals surface area contributed by atoms with Crippen LogP contribution in [0.4, 0.5) is 0 Å². The number of ether oxygens (including phenoxy) is 3. The van der Waals surface area contributed by atoms with Crippen molar-refractivity contribution in [3.05, 3.63) is 86.2 Å². The fourth-order valence-corrected chi connectivity index (χ4v) is 5.30. The molecule has 4 aromatic rings. The Bertz CT molecular complexity index is 1560. The maximum atomic E-state index is 13.4. The van der Waals surface area contributed by atoms with Crippen molar-refractivity contribution >= 4 is 26.9 Å². The third kappa shape index (κ3) is 4.84. The first-order valence-corrected chi connectivity index (χ1v) is 13.3. The zero-order valence-corrected chi connectivity index (χ0v) is 22.5. The number of piperazine rings is 1. The number of rotatable bonds is 6. The summed E-state index contributed by atoms with van der Waals surface area (Å²) in [4.78, 5) is 18.1. The normalized spacial score (nSPS) is 15.7. The SMILES string of the molecule is Cc1oc2c(CN3CCN(Cc4ccc5c(c4)OCO5)CC3)c(O)ccc2c(=O)c1Oc1ccccc1Br. The van der Waals surface area contributed by atoms with Gasteiger partial charge in [0.25, 0.3) is 0 Å². The zero-order valence-electron chi connectivity index (χ0n) is 20.9. The number of halogens is 1. The largest absolute Gasteiger partial charge is 0.507 e. The molecule has 0 atom stereocenters. The minimum absolute atomic E-state index is 0.113. The summed E-state index contributed by atoms with van der Waals surface area (Å²) in [6.07, 6.45) is 0. The Hall–Kier alpha value is -3.53. The Morgan fingerprint density at radius 2 is 1.68 bits per heavy atom. The second-order valence-electron chi connectivity index (χ2n) is 9.53. The lowest BCUT2D eigenvalue weighted by Crippen LogP contribution is -2.45. The van der Waals surface area contributed by atoms with Crippen LogP contribution in [0.15, 0.2) is 68.3 Å². The van der Waals surface area contributed by atoms with E-state index in [4.69, 9.17) is 18.6 Å². The molecule has 6 rings (SSSR count). The van der Waals surface area contributed by atoms with E-state index in [9.17, 15) is 9.90 Å². The second kappa shape index (κ2) is 10.3. The van der Waals surface area contributed by atoms with Crippen LogP contribution in [0.2, 0.25) is 0 Å². The number of para-hydroxylation sites is 1. The summed E-state index contributed by atoms with van der Waals surface area (Å²) >= 11 is 3.45. The average Bonchev–Trinajstić information content (AvgIpc) is 3.38. The number of fused-ring (bicyclic) bond motifs is 2. The van der Waals surface area contributed by atoms with Gasteiger partial charge in [-0.05, 0) is 64.8 Å². The van der Waals surface area contributed by atoms with Crippen molar-refractivity contribution in [3.63, 3.8) is 0 Å². The Kier molecular flexibility index (Phi) is 6.73. The fraction of sp³-hybridized carbons (Fsp3) is 0.276. The number of benzene rings is 3. The molecule has 1 fully saturated rings. The van der Waals surface area contributed by atoms with E-state index in [1.54, 1.807) is 25.1 Å². The molecular formula is C29H27BrN2O6. The third-order valence-corrected chi connectivity index (χ3v) is 7.66. The van der Waals surface area contributed by atoms with Crippen LogP contribution in [0, 0.1) is 6.92 Å². The van der Waals surface area contributed by atoms with E-state index >= 15 is 0 Å². The van der Waals surface area contributed by atoms with Gasteiger partial charge in [-0.2, -0.15) is 0 Å². The molecule has 0 amide bonds. The van der Waals surface area contributed by atoms with Gasteiger partial charge in [-0.25, -0.2) is 0 Å². The van der Waals surface area contributed by atoms with Crippen molar-refractivity contribution < 1.29 is 23.7 Å². The number of phenolic OH excluding ortho intramolecular Hbond substituents is 1. The molecule has 0 aliphatic carbocycles. The van der Waals surface area contributed by atoms with Crippen LogP contribution in [0.25, 0.3) is 11.0 Å². The van der Waals surface area contributed by atoms with E-state index in [1.807, 2.05) is 30.3 Å². The van der Waals surface area contributed by atoms with Crippen molar-refractivity contribution in [2.45, 2.75) is 20.0 Å². The summed E-state index contributed by atoms with van der Waals surface area (Å²) in [5.74, 6) is 2.73. The molecular weight excluding hydrogens is 552 g/mol. The third-order valence-electron chi connectivity index (χ3n) is 7.00. The summed E-state index contributed by atoms with van der Waals surface area (Å²) in [5.41, 5.74) is 1.93. The van der Waals surface area contributed by atoms with Crippen LogP contribution >= 0.6 is 15.9 Å². The van der Waals surface area contributed by atoms with Gasteiger partial charge in [-0.15, -0.1) is 0 Å². The molecule has 196 valence electrons. The van der Waals surface area contributed by atoms with Crippen LogP contribution in [-0.4, -0.2) is 47.9 Å². The standard InChI is InChI=1S/C29H27BrN2O6/c1-18-28(38-24-5-3-2-4-22(24)30)27(34)20-7-8-23(33)21(29(20)37-18)16-32-12-10-31(11-13-32)15-19-6-9-25-26(14-19)36-17-35-25/h2-9,14,33H,10-13,15-17H2,1H3. The van der Waals surface area contributed by atoms with Crippen LogP contribution in [-0.2, 0) is 13.1 Å². The topological polar surface area (TPSA) is 84.6 Å². The molecule has 3 aromatic carbocycles. The van der Waals surface area contributed by atoms with E-state index < -0.39 is 0 Å². The molecule has 2 aliphatic heterocycles. The van der Waals surface area contributed by atoms with Gasteiger partial charge in [0.1, 0.15) is 22.8 Å². The van der Waals surface area contributed by atoms with Crippen LogP contribution in [0.3, 0.4) is 0 Å². The van der Waals surface area contributed by atoms with E-state index in [1.165, 1.54) is 5.56 Å². The minimum Gasteiger partial charge on any atom is -0.507 e. The monoisotopic (exact) mass is 578 g/mol. The number of hydrogen-bond donors (Lipinski definition) is 1. The lowest BCUT2D eigenvalue weighted by Gasteiger charge is -2.34. The maximum Gasteiger partial charge on any atom is 0.235 e. The predicted octanol–water partition coefficient (Wildman–Crippen LogP) is 5.41. The van der Waals surface area contributed by atoms with Gasteiger partial charge in [0.05, 0.1) is 15.4 Å². The van der Waals surface area contributed by atoms with Gasteiger partial charge in [0.15, 0.2) is 11.5 Å². The molecule has 1 N–H and O–H groups in total. The lowest BCUT2D eigenvalue weighted by atomic mass is 10.1. The lowest BCUT2D eigenvalue weighted by molar-refractivity contribution is 0.121. The molecule has 1 aromatic heterocycles. The Labute approximate surface area is 228 Å². The predicted molar refractivity (Wildman–Crippen MR) is 146 cm³/mol. The Morgan fingerprint density at radius 1 is 0.947 bits per heavy atom. The molecule has 2 aliphatic rings. The number of aromatic hydroxyl groups is 1. The van der Waals surface area contributed by atoms with Crippen LogP contribution in [0.5, 0.6) is 28.7 Å². The van der Waals surface area contributed by atoms with Crippen molar-refractivity contribution in [1.82, 2.24) is 9.80 Å². The summed E-state index contributed by atoms with van der Waals surface area (Å²) in [7, 11) is 0. The number of aryl methyl sites for hydroxylation is 1. The number of hydrogen-bond acceptors (Lipinski definition) is 8. The second-order valence-corrected chi connectivity index (χ2v) is 10.4. The van der Waals surface area contributed by atoms with E-state index in [0.717, 1.165) is 48.7 Å². The van der Waals surface area contributed by atoms with Gasteiger partial charge < -0.3 is 23.7 Å². The molecule has 0 saturated carbocycles. The van der Waals surface area contributed by atoms with E-state index in [-0.39, 0.29) is 23.7 Å². The van der Waals surface area contributed by atoms with Crippen molar-refractivity contribution in [3.8, 4) is 28.7 Å². The molecule has 3 heterocycles. The van der Waals surface area contributed by atoms with Gasteiger partial charge in [0, 0.05) is 39.3 Å². The summed E-state index contributed by atoms with van der Waals surface area (Å²) in [5, 5.41) is 11.1. The maximum absolute atomic E-state index is 13.4. The smallest absolute Gasteiger partial charge is 0.235 e. The fourth-order valence-electron chi connectivity index (χ4n) is 4.93. The number of nitrogens with zero attached hydrogens (tertiary/aromatic N) is 2. The zero-order chi connectivity index (χ0) is 26.2. The Morgan fingerprint density at radius 3 is 2.47 bits per heavy atom. The molecule has 0 bridgehead atoms. The molecule has 1 saturated heterocycles. The van der Waals surface area contributed by atoms with Gasteiger partial charge in [-0.3, -0.25) is 14.6 Å². The summed E-state index contributed by atoms with van der Waals surface area (Å²) in [6, 6.07) is 16.6. The first-order chi connectivity index (χ1) is 18.5. The number of phenols is 1. The average molecular weight is 579 g/mol. The summed E-state index contributed by atoms with van der Waals surface area (Å²) in [6.45, 7) is 6.71. The molecule has 0 unspecified atom stereocenters. The first kappa shape index (κ1) is 24.8. The highest BCUT2D eigenvalue weighted by atomic mass is 79.9. The Balaban J connectivity index is 1.18. The van der Waals surface area contributed by atoms with E-state index in [2.05, 4.69) is 31.8 Å². The minimum atomic E-state index is -0.269. The molecule has 0 radical (unpaired) electrons. The van der Waals surface area contributed by atoms with E-state index in [0.29, 0.717) is 34.6 Å². The van der Waals surface area contributed by atoms with Gasteiger partial charge in [-0.1, -0.05) is 18.2 Å². The van der Waals surface area contributed by atoms with Crippen LogP contribution < -0.4 is 19.6 Å². The molecule has 38 heavy (non-hydrogen) atoms. The van der Waals surface area contributed by atoms with Gasteiger partial charge in [0.2, 0.25) is 18.0 Å². The van der Waals surface area contributed by atoms with Crippen molar-refractivity contribution in [1.29, 1.82) is 0 Å². The van der Waals surface area contributed by atoms with Crippen molar-refractivity contribution in [2.24, 2.45) is 0 Å². The highest BCUT2D eigenvalue weighted by Crippen LogP contribution is 2.35. The highest BCUT2D eigenvalue weighted by molar-refractivity contribution is 9.10. The highest BCUT2D eigenvalue weighted by Gasteiger charge is 2.23. The molecule has 8 nitrogen and oxygen atoms in total. The quantitative estimate of drug-likeness (QED) is 0.325. The van der Waals surface area contributed by atoms with Gasteiger partial charge >= 0.3 is 0 Å². The molecule has 0 spiro atoms. The summed E-state index contributed by atoms with van der Waals surface area (Å²) < 4.78 is 23.7.